The molecule has 6 nitrogen and oxygen atoms in total. The number of carbonyl (C=O) groups excluding carboxylic acids is 1. The minimum atomic E-state index is -0.0509. The van der Waals surface area contributed by atoms with Gasteiger partial charge in [-0.25, -0.2) is 0 Å². The Kier molecular flexibility index (Phi) is 4.08. The van der Waals surface area contributed by atoms with E-state index in [1.165, 1.54) is 0 Å². The first-order valence-corrected chi connectivity index (χ1v) is 8.35. The second-order valence-electron chi connectivity index (χ2n) is 6.11. The van der Waals surface area contributed by atoms with Gasteiger partial charge in [-0.1, -0.05) is 12.1 Å². The number of aromatic nitrogens is 2. The summed E-state index contributed by atoms with van der Waals surface area (Å²) in [5, 5.41) is 4.41. The molecular formula is C20H19N3O3. The molecule has 1 aromatic heterocycles. The number of likely N-dealkylation sites (N-methyl/N-ethyl adjacent to an activating group) is 1. The van der Waals surface area contributed by atoms with Gasteiger partial charge in [0.25, 0.3) is 0 Å². The van der Waals surface area contributed by atoms with Gasteiger partial charge in [-0.05, 0) is 36.4 Å². The number of ether oxygens (including phenoxy) is 2. The Bertz CT molecular complexity index is 947. The number of rotatable bonds is 4. The summed E-state index contributed by atoms with van der Waals surface area (Å²) >= 11 is 0. The van der Waals surface area contributed by atoms with E-state index in [1.54, 1.807) is 29.9 Å². The highest BCUT2D eigenvalue weighted by molar-refractivity contribution is 5.93. The van der Waals surface area contributed by atoms with Crippen molar-refractivity contribution < 1.29 is 14.3 Å². The number of hydrogen-bond donors (Lipinski definition) is 0. The van der Waals surface area contributed by atoms with Gasteiger partial charge in [0.2, 0.25) is 5.91 Å². The highest BCUT2D eigenvalue weighted by Gasteiger charge is 2.23. The lowest BCUT2D eigenvalue weighted by Crippen LogP contribution is -2.30. The number of benzene rings is 2. The zero-order valence-corrected chi connectivity index (χ0v) is 14.7. The lowest BCUT2D eigenvalue weighted by molar-refractivity contribution is -0.119. The molecule has 0 saturated carbocycles. The molecule has 2 aromatic carbocycles. The van der Waals surface area contributed by atoms with Crippen LogP contribution < -0.4 is 14.4 Å². The lowest BCUT2D eigenvalue weighted by Gasteiger charge is -2.21. The number of anilines is 1. The van der Waals surface area contributed by atoms with Gasteiger partial charge in [0.05, 0.1) is 19.0 Å². The molecule has 132 valence electrons. The molecule has 0 saturated heterocycles. The van der Waals surface area contributed by atoms with E-state index in [1.807, 2.05) is 48.5 Å². The van der Waals surface area contributed by atoms with E-state index in [0.717, 1.165) is 34.0 Å². The van der Waals surface area contributed by atoms with Crippen LogP contribution >= 0.6 is 0 Å². The fourth-order valence-electron chi connectivity index (χ4n) is 3.09. The molecule has 0 bridgehead atoms. The van der Waals surface area contributed by atoms with E-state index in [-0.39, 0.29) is 12.5 Å². The van der Waals surface area contributed by atoms with Gasteiger partial charge in [-0.15, -0.1) is 0 Å². The van der Waals surface area contributed by atoms with Crippen LogP contribution in [-0.2, 0) is 17.9 Å². The van der Waals surface area contributed by atoms with Crippen LogP contribution in [0.4, 0.5) is 5.69 Å². The molecule has 1 aliphatic rings. The van der Waals surface area contributed by atoms with Crippen LogP contribution in [0.2, 0.25) is 0 Å². The van der Waals surface area contributed by atoms with E-state index in [0.29, 0.717) is 6.61 Å². The maximum atomic E-state index is 12.8. The molecule has 2 heterocycles. The predicted molar refractivity (Wildman–Crippen MR) is 98.4 cm³/mol. The van der Waals surface area contributed by atoms with Crippen LogP contribution in [0.3, 0.4) is 0 Å². The molecule has 3 aromatic rings. The molecule has 1 aliphatic heterocycles. The number of nitrogens with zero attached hydrogens (tertiary/aromatic N) is 3. The molecule has 0 aliphatic carbocycles. The quantitative estimate of drug-likeness (QED) is 0.726. The van der Waals surface area contributed by atoms with Gasteiger partial charge in [-0.3, -0.25) is 9.48 Å². The second-order valence-corrected chi connectivity index (χ2v) is 6.11. The molecule has 0 fully saturated rings. The summed E-state index contributed by atoms with van der Waals surface area (Å²) in [6, 6.07) is 15.2. The predicted octanol–water partition coefficient (Wildman–Crippen LogP) is 3.11. The molecular weight excluding hydrogens is 330 g/mol. The second kappa shape index (κ2) is 6.55. The van der Waals surface area contributed by atoms with E-state index in [2.05, 4.69) is 5.10 Å². The molecule has 26 heavy (non-hydrogen) atoms. The number of para-hydroxylation sites is 1. The standard InChI is InChI=1S/C20H19N3O3/c1-22(15-7-9-16(25-2)10-8-15)19(24)12-23-20-14(11-21-23)13-26-18-6-4-3-5-17(18)20/h3-11H,12-13H2,1-2H3. The molecule has 0 spiro atoms. The molecule has 0 N–H and O–H groups in total. The van der Waals surface area contributed by atoms with Gasteiger partial charge in [0.1, 0.15) is 24.7 Å². The van der Waals surface area contributed by atoms with Crippen molar-refractivity contribution in [3.8, 4) is 22.8 Å². The Morgan fingerprint density at radius 2 is 2.00 bits per heavy atom. The minimum absolute atomic E-state index is 0.0509. The smallest absolute Gasteiger partial charge is 0.248 e. The normalized spacial score (nSPS) is 11.9. The summed E-state index contributed by atoms with van der Waals surface area (Å²) in [5.74, 6) is 1.52. The van der Waals surface area contributed by atoms with E-state index < -0.39 is 0 Å². The summed E-state index contributed by atoms with van der Waals surface area (Å²) in [6.45, 7) is 0.626. The van der Waals surface area contributed by atoms with E-state index >= 15 is 0 Å². The third-order valence-corrected chi connectivity index (χ3v) is 4.56. The third-order valence-electron chi connectivity index (χ3n) is 4.56. The van der Waals surface area contributed by atoms with Crippen molar-refractivity contribution in [3.63, 3.8) is 0 Å². The van der Waals surface area contributed by atoms with Gasteiger partial charge >= 0.3 is 0 Å². The molecule has 4 rings (SSSR count). The Morgan fingerprint density at radius 3 is 2.77 bits per heavy atom. The van der Waals surface area contributed by atoms with Crippen molar-refractivity contribution in [2.45, 2.75) is 13.2 Å². The molecule has 0 atom stereocenters. The summed E-state index contributed by atoms with van der Waals surface area (Å²) in [7, 11) is 3.38. The first-order valence-electron chi connectivity index (χ1n) is 8.35. The van der Waals surface area contributed by atoms with Gasteiger partial charge in [0.15, 0.2) is 0 Å². The topological polar surface area (TPSA) is 56.6 Å². The van der Waals surface area contributed by atoms with Crippen LogP contribution in [0, 0.1) is 0 Å². The Hall–Kier alpha value is -3.28. The van der Waals surface area contributed by atoms with Crippen molar-refractivity contribution in [3.05, 3.63) is 60.3 Å². The Morgan fingerprint density at radius 1 is 1.23 bits per heavy atom. The highest BCUT2D eigenvalue weighted by Crippen LogP contribution is 2.37. The highest BCUT2D eigenvalue weighted by atomic mass is 16.5. The zero-order valence-electron chi connectivity index (χ0n) is 14.7. The van der Waals surface area contributed by atoms with Crippen molar-refractivity contribution in [1.82, 2.24) is 9.78 Å². The first-order chi connectivity index (χ1) is 12.7. The minimum Gasteiger partial charge on any atom is -0.497 e. The van der Waals surface area contributed by atoms with Gasteiger partial charge in [0, 0.05) is 23.9 Å². The molecule has 1 amide bonds. The summed E-state index contributed by atoms with van der Waals surface area (Å²) in [6.07, 6.45) is 1.77. The third kappa shape index (κ3) is 2.79. The number of methoxy groups -OCH3 is 1. The number of carbonyl (C=O) groups is 1. The number of amides is 1. The van der Waals surface area contributed by atoms with Crippen molar-refractivity contribution in [2.24, 2.45) is 0 Å². The zero-order chi connectivity index (χ0) is 18.1. The Labute approximate surface area is 151 Å². The van der Waals surface area contributed by atoms with Crippen LogP contribution in [0.1, 0.15) is 5.56 Å². The van der Waals surface area contributed by atoms with Crippen molar-refractivity contribution in [2.75, 3.05) is 19.1 Å². The monoisotopic (exact) mass is 349 g/mol. The molecule has 6 heteroatoms. The lowest BCUT2D eigenvalue weighted by atomic mass is 10.0. The van der Waals surface area contributed by atoms with Crippen LogP contribution in [0.25, 0.3) is 11.3 Å². The van der Waals surface area contributed by atoms with Gasteiger partial charge < -0.3 is 14.4 Å². The average molecular weight is 349 g/mol. The Balaban J connectivity index is 1.59. The van der Waals surface area contributed by atoms with Crippen molar-refractivity contribution >= 4 is 11.6 Å². The van der Waals surface area contributed by atoms with Crippen LogP contribution in [-0.4, -0.2) is 29.8 Å². The fraction of sp³-hybridized carbons (Fsp3) is 0.200. The van der Waals surface area contributed by atoms with Crippen LogP contribution in [0.5, 0.6) is 11.5 Å². The number of fused-ring (bicyclic) bond motifs is 3. The summed E-state index contributed by atoms with van der Waals surface area (Å²) < 4.78 is 12.7. The number of hydrogen-bond acceptors (Lipinski definition) is 4. The fourth-order valence-corrected chi connectivity index (χ4v) is 3.09. The van der Waals surface area contributed by atoms with E-state index in [9.17, 15) is 4.79 Å². The maximum Gasteiger partial charge on any atom is 0.248 e. The average Bonchev–Trinajstić information content (AvgIpc) is 3.10. The van der Waals surface area contributed by atoms with E-state index in [4.69, 9.17) is 9.47 Å². The summed E-state index contributed by atoms with van der Waals surface area (Å²) in [4.78, 5) is 14.4. The molecule has 0 radical (unpaired) electrons. The SMILES string of the molecule is COc1ccc(N(C)C(=O)Cn2ncc3c2-c2ccccc2OC3)cc1. The largest absolute Gasteiger partial charge is 0.497 e. The van der Waals surface area contributed by atoms with Crippen molar-refractivity contribution in [1.29, 1.82) is 0 Å². The van der Waals surface area contributed by atoms with Gasteiger partial charge in [-0.2, -0.15) is 5.10 Å². The molecule has 0 unspecified atom stereocenters. The maximum absolute atomic E-state index is 12.8. The van der Waals surface area contributed by atoms with Crippen LogP contribution in [0.15, 0.2) is 54.7 Å². The summed E-state index contributed by atoms with van der Waals surface area (Å²) in [5.41, 5.74) is 3.71. The first kappa shape index (κ1) is 16.2.